The molecule has 0 saturated carbocycles. The topological polar surface area (TPSA) is 25.4 Å². The van der Waals surface area contributed by atoms with Crippen LogP contribution in [0.2, 0.25) is 0 Å². The van der Waals surface area contributed by atoms with Gasteiger partial charge >= 0.3 is 0 Å². The Morgan fingerprint density at radius 3 is 2.53 bits per heavy atom. The van der Waals surface area contributed by atoms with E-state index >= 15 is 0 Å². The molecule has 0 aliphatic carbocycles. The van der Waals surface area contributed by atoms with E-state index in [0.717, 1.165) is 30.8 Å². The molecule has 17 heavy (non-hydrogen) atoms. The number of aryl methyl sites for hydroxylation is 1. The van der Waals surface area contributed by atoms with Gasteiger partial charge in [0.2, 0.25) is 5.88 Å². The van der Waals surface area contributed by atoms with Gasteiger partial charge in [0.25, 0.3) is 0 Å². The highest BCUT2D eigenvalue weighted by molar-refractivity contribution is 5.16. The van der Waals surface area contributed by atoms with E-state index in [1.165, 1.54) is 18.4 Å². The molecule has 2 bridgehead atoms. The van der Waals surface area contributed by atoms with Crippen LogP contribution in [0.25, 0.3) is 0 Å². The molecule has 0 amide bonds. The molecule has 1 unspecified atom stereocenters. The monoisotopic (exact) mass is 232 g/mol. The normalized spacial score (nSPS) is 32.7. The third-order valence-electron chi connectivity index (χ3n) is 4.23. The van der Waals surface area contributed by atoms with Crippen LogP contribution in [0.5, 0.6) is 5.88 Å². The van der Waals surface area contributed by atoms with E-state index in [9.17, 15) is 0 Å². The molecule has 3 rings (SSSR count). The molecular formula is C14H20N2O. The van der Waals surface area contributed by atoms with Crippen LogP contribution in [0, 0.1) is 6.92 Å². The zero-order chi connectivity index (χ0) is 11.8. The van der Waals surface area contributed by atoms with Gasteiger partial charge in [0, 0.05) is 24.3 Å². The van der Waals surface area contributed by atoms with Crippen molar-refractivity contribution in [1.82, 2.24) is 9.88 Å². The van der Waals surface area contributed by atoms with E-state index in [2.05, 4.69) is 23.0 Å². The lowest BCUT2D eigenvalue weighted by atomic mass is 10.0. The Morgan fingerprint density at radius 2 is 1.94 bits per heavy atom. The summed E-state index contributed by atoms with van der Waals surface area (Å²) in [6.07, 6.45) is 7.22. The summed E-state index contributed by atoms with van der Waals surface area (Å²) in [6, 6.07) is 5.50. The third kappa shape index (κ3) is 2.16. The van der Waals surface area contributed by atoms with Gasteiger partial charge in [-0.1, -0.05) is 6.07 Å². The quantitative estimate of drug-likeness (QED) is 0.783. The van der Waals surface area contributed by atoms with Gasteiger partial charge in [-0.3, -0.25) is 0 Å². The molecule has 3 heteroatoms. The van der Waals surface area contributed by atoms with Gasteiger partial charge in [-0.05, 0) is 45.2 Å². The molecule has 3 atom stereocenters. The number of fused-ring (bicyclic) bond motifs is 2. The van der Waals surface area contributed by atoms with Crippen molar-refractivity contribution < 1.29 is 4.74 Å². The van der Waals surface area contributed by atoms with Crippen LogP contribution in [-0.2, 0) is 0 Å². The SMILES string of the molecule is Cc1ccc(OC2C[C@H]3CC[C@@H](C2)N3C)nc1. The number of rotatable bonds is 2. The Balaban J connectivity index is 1.65. The van der Waals surface area contributed by atoms with Gasteiger partial charge in [-0.15, -0.1) is 0 Å². The zero-order valence-electron chi connectivity index (χ0n) is 10.6. The summed E-state index contributed by atoms with van der Waals surface area (Å²) < 4.78 is 6.00. The minimum atomic E-state index is 0.360. The van der Waals surface area contributed by atoms with E-state index in [0.29, 0.717) is 6.10 Å². The summed E-state index contributed by atoms with van der Waals surface area (Å²) in [5.74, 6) is 0.782. The maximum atomic E-state index is 6.00. The third-order valence-corrected chi connectivity index (χ3v) is 4.23. The van der Waals surface area contributed by atoms with Crippen LogP contribution in [-0.4, -0.2) is 35.1 Å². The van der Waals surface area contributed by atoms with Crippen molar-refractivity contribution in [3.05, 3.63) is 23.9 Å². The van der Waals surface area contributed by atoms with Crippen LogP contribution in [0.4, 0.5) is 0 Å². The highest BCUT2D eigenvalue weighted by Crippen LogP contribution is 2.35. The van der Waals surface area contributed by atoms with Crippen molar-refractivity contribution in [3.63, 3.8) is 0 Å². The first-order valence-electron chi connectivity index (χ1n) is 6.53. The van der Waals surface area contributed by atoms with E-state index in [4.69, 9.17) is 4.74 Å². The molecule has 0 N–H and O–H groups in total. The van der Waals surface area contributed by atoms with Crippen LogP contribution in [0.15, 0.2) is 18.3 Å². The van der Waals surface area contributed by atoms with Gasteiger partial charge in [0.15, 0.2) is 0 Å². The zero-order valence-corrected chi connectivity index (χ0v) is 10.6. The van der Waals surface area contributed by atoms with E-state index in [1.807, 2.05) is 19.2 Å². The fourth-order valence-corrected chi connectivity index (χ4v) is 3.15. The molecule has 1 aromatic rings. The number of hydrogen-bond acceptors (Lipinski definition) is 3. The van der Waals surface area contributed by atoms with Crippen molar-refractivity contribution >= 4 is 0 Å². The molecule has 1 aromatic heterocycles. The molecule has 2 aliphatic heterocycles. The molecular weight excluding hydrogens is 212 g/mol. The summed E-state index contributed by atoms with van der Waals surface area (Å²) in [5.41, 5.74) is 1.18. The lowest BCUT2D eigenvalue weighted by Crippen LogP contribution is -2.43. The molecule has 92 valence electrons. The summed E-state index contributed by atoms with van der Waals surface area (Å²) in [6.45, 7) is 2.05. The Kier molecular flexibility index (Phi) is 2.79. The van der Waals surface area contributed by atoms with E-state index < -0.39 is 0 Å². The minimum Gasteiger partial charge on any atom is -0.474 e. The largest absolute Gasteiger partial charge is 0.474 e. The molecule has 2 fully saturated rings. The minimum absolute atomic E-state index is 0.360. The number of pyridine rings is 1. The van der Waals surface area contributed by atoms with Gasteiger partial charge in [0.1, 0.15) is 6.10 Å². The summed E-state index contributed by atoms with van der Waals surface area (Å²) in [7, 11) is 2.25. The summed E-state index contributed by atoms with van der Waals surface area (Å²) in [4.78, 5) is 6.86. The number of piperidine rings is 1. The average Bonchev–Trinajstić information content (AvgIpc) is 2.55. The fourth-order valence-electron chi connectivity index (χ4n) is 3.15. The Bertz CT molecular complexity index is 376. The van der Waals surface area contributed by atoms with Crippen molar-refractivity contribution in [1.29, 1.82) is 0 Å². The molecule has 0 aromatic carbocycles. The lowest BCUT2D eigenvalue weighted by Gasteiger charge is -2.36. The van der Waals surface area contributed by atoms with Crippen molar-refractivity contribution in [2.45, 2.75) is 50.8 Å². The first-order chi connectivity index (χ1) is 8.22. The molecule has 3 nitrogen and oxygen atoms in total. The summed E-state index contributed by atoms with van der Waals surface area (Å²) >= 11 is 0. The number of hydrogen-bond donors (Lipinski definition) is 0. The van der Waals surface area contributed by atoms with Gasteiger partial charge < -0.3 is 9.64 Å². The molecule has 3 heterocycles. The molecule has 2 aliphatic rings. The molecule has 0 radical (unpaired) electrons. The highest BCUT2D eigenvalue weighted by Gasteiger charge is 2.39. The second-order valence-electron chi connectivity index (χ2n) is 5.44. The van der Waals surface area contributed by atoms with Crippen LogP contribution in [0.1, 0.15) is 31.2 Å². The highest BCUT2D eigenvalue weighted by atomic mass is 16.5. The molecule has 0 spiro atoms. The smallest absolute Gasteiger partial charge is 0.213 e. The standard InChI is InChI=1S/C14H20N2O/c1-10-3-6-14(15-9-10)17-13-7-11-4-5-12(8-13)16(11)2/h3,6,9,11-13H,4-5,7-8H2,1-2H3/t11-,12+,13?. The number of ether oxygens (including phenoxy) is 1. The lowest BCUT2D eigenvalue weighted by molar-refractivity contribution is 0.0632. The van der Waals surface area contributed by atoms with Crippen LogP contribution < -0.4 is 4.74 Å². The van der Waals surface area contributed by atoms with E-state index in [1.54, 1.807) is 0 Å². The van der Waals surface area contributed by atoms with Crippen molar-refractivity contribution in [2.24, 2.45) is 0 Å². The number of aromatic nitrogens is 1. The van der Waals surface area contributed by atoms with Crippen molar-refractivity contribution in [2.75, 3.05) is 7.05 Å². The maximum Gasteiger partial charge on any atom is 0.213 e. The first kappa shape index (κ1) is 11.0. The van der Waals surface area contributed by atoms with Crippen LogP contribution >= 0.6 is 0 Å². The number of nitrogens with zero attached hydrogens (tertiary/aromatic N) is 2. The second-order valence-corrected chi connectivity index (χ2v) is 5.44. The Hall–Kier alpha value is -1.09. The van der Waals surface area contributed by atoms with Crippen LogP contribution in [0.3, 0.4) is 0 Å². The first-order valence-corrected chi connectivity index (χ1v) is 6.53. The molecule has 2 saturated heterocycles. The second kappa shape index (κ2) is 4.30. The average molecular weight is 232 g/mol. The Labute approximate surface area is 103 Å². The van der Waals surface area contributed by atoms with E-state index in [-0.39, 0.29) is 0 Å². The fraction of sp³-hybridized carbons (Fsp3) is 0.643. The predicted octanol–water partition coefficient (Wildman–Crippen LogP) is 2.39. The maximum absolute atomic E-state index is 6.00. The van der Waals surface area contributed by atoms with Gasteiger partial charge in [-0.2, -0.15) is 0 Å². The summed E-state index contributed by atoms with van der Waals surface area (Å²) in [5, 5.41) is 0. The predicted molar refractivity (Wildman–Crippen MR) is 67.2 cm³/mol. The van der Waals surface area contributed by atoms with Gasteiger partial charge in [-0.25, -0.2) is 4.98 Å². The Morgan fingerprint density at radius 1 is 1.24 bits per heavy atom. The van der Waals surface area contributed by atoms with Crippen molar-refractivity contribution in [3.8, 4) is 5.88 Å². The van der Waals surface area contributed by atoms with Gasteiger partial charge in [0.05, 0.1) is 0 Å².